The summed E-state index contributed by atoms with van der Waals surface area (Å²) in [5.74, 6) is -0.651. The molecule has 1 rings (SSSR count). The molecule has 0 saturated heterocycles. The van der Waals surface area contributed by atoms with Crippen molar-refractivity contribution in [1.29, 1.82) is 0 Å². The number of amides is 2. The van der Waals surface area contributed by atoms with Crippen LogP contribution in [0.1, 0.15) is 10.4 Å². The lowest BCUT2D eigenvalue weighted by atomic mass is 10.2. The van der Waals surface area contributed by atoms with Gasteiger partial charge in [0.05, 0.1) is 5.56 Å². The predicted molar refractivity (Wildman–Crippen MR) is 49.4 cm³/mol. The molecule has 5 nitrogen and oxygen atoms in total. The molecule has 0 atom stereocenters. The van der Waals surface area contributed by atoms with Crippen molar-refractivity contribution in [3.05, 3.63) is 29.8 Å². The smallest absolute Gasteiger partial charge is 0.273 e. The topological polar surface area (TPSA) is 69.6 Å². The number of benzene rings is 1. The van der Waals surface area contributed by atoms with Crippen molar-refractivity contribution in [3.8, 4) is 5.75 Å². The molecule has 0 aromatic heterocycles. The van der Waals surface area contributed by atoms with E-state index in [-0.39, 0.29) is 11.3 Å². The Labute approximate surface area is 80.9 Å². The number of para-hydroxylation sites is 1. The van der Waals surface area contributed by atoms with E-state index >= 15 is 0 Å². The van der Waals surface area contributed by atoms with Crippen LogP contribution in [-0.4, -0.2) is 29.5 Å². The Morgan fingerprint density at radius 1 is 1.50 bits per heavy atom. The summed E-state index contributed by atoms with van der Waals surface area (Å²) in [5, 5.41) is 10.3. The highest BCUT2D eigenvalue weighted by Gasteiger charge is 2.10. The third kappa shape index (κ3) is 2.22. The van der Waals surface area contributed by atoms with E-state index in [2.05, 4.69) is 5.43 Å². The number of aromatic hydroxyl groups is 1. The first-order valence-corrected chi connectivity index (χ1v) is 3.92. The SMILES string of the molecule is CN(C=O)NC(=O)c1ccccc1O. The molecule has 0 aliphatic carbocycles. The van der Waals surface area contributed by atoms with Gasteiger partial charge in [-0.05, 0) is 12.1 Å². The number of carbonyl (C=O) groups excluding carboxylic acids is 2. The van der Waals surface area contributed by atoms with Gasteiger partial charge in [-0.25, -0.2) is 0 Å². The second-order valence-electron chi connectivity index (χ2n) is 2.67. The van der Waals surface area contributed by atoms with Crippen molar-refractivity contribution in [3.63, 3.8) is 0 Å². The highest BCUT2D eigenvalue weighted by Crippen LogP contribution is 2.14. The summed E-state index contributed by atoms with van der Waals surface area (Å²) in [6, 6.07) is 6.09. The van der Waals surface area contributed by atoms with Gasteiger partial charge in [-0.3, -0.25) is 20.0 Å². The maximum Gasteiger partial charge on any atom is 0.273 e. The quantitative estimate of drug-likeness (QED) is 0.530. The average Bonchev–Trinajstić information content (AvgIpc) is 2.18. The number of hydrazine groups is 1. The molecule has 0 saturated carbocycles. The zero-order chi connectivity index (χ0) is 10.6. The fraction of sp³-hybridized carbons (Fsp3) is 0.111. The lowest BCUT2D eigenvalue weighted by Gasteiger charge is -2.12. The van der Waals surface area contributed by atoms with Gasteiger partial charge in [-0.15, -0.1) is 0 Å². The summed E-state index contributed by atoms with van der Waals surface area (Å²) in [6.45, 7) is 0. The summed E-state index contributed by atoms with van der Waals surface area (Å²) in [6.07, 6.45) is 0.456. The van der Waals surface area contributed by atoms with Crippen molar-refractivity contribution < 1.29 is 14.7 Å². The van der Waals surface area contributed by atoms with E-state index in [1.165, 1.54) is 19.2 Å². The Balaban J connectivity index is 2.80. The zero-order valence-corrected chi connectivity index (χ0v) is 7.60. The molecule has 0 bridgehead atoms. The summed E-state index contributed by atoms with van der Waals surface area (Å²) in [7, 11) is 1.39. The van der Waals surface area contributed by atoms with Gasteiger partial charge in [-0.1, -0.05) is 12.1 Å². The van der Waals surface area contributed by atoms with E-state index in [1.54, 1.807) is 12.1 Å². The standard InChI is InChI=1S/C9H10N2O3/c1-11(6-12)10-9(14)7-4-2-3-5-8(7)13/h2-6,13H,1H3,(H,10,14). The van der Waals surface area contributed by atoms with Crippen LogP contribution in [0, 0.1) is 0 Å². The van der Waals surface area contributed by atoms with Crippen LogP contribution >= 0.6 is 0 Å². The van der Waals surface area contributed by atoms with Crippen LogP contribution in [0.25, 0.3) is 0 Å². The molecule has 2 amide bonds. The van der Waals surface area contributed by atoms with Gasteiger partial charge in [0.2, 0.25) is 6.41 Å². The third-order valence-electron chi connectivity index (χ3n) is 1.58. The highest BCUT2D eigenvalue weighted by atomic mass is 16.3. The molecule has 74 valence electrons. The van der Waals surface area contributed by atoms with Crippen LogP contribution < -0.4 is 5.43 Å². The van der Waals surface area contributed by atoms with E-state index in [4.69, 9.17) is 0 Å². The minimum atomic E-state index is -0.530. The summed E-state index contributed by atoms with van der Waals surface area (Å²) in [5.41, 5.74) is 2.38. The molecule has 0 spiro atoms. The van der Waals surface area contributed by atoms with Crippen molar-refractivity contribution in [2.45, 2.75) is 0 Å². The summed E-state index contributed by atoms with van der Waals surface area (Å²) in [4.78, 5) is 21.6. The van der Waals surface area contributed by atoms with Crippen LogP contribution in [-0.2, 0) is 4.79 Å². The Hall–Kier alpha value is -2.04. The molecular formula is C9H10N2O3. The van der Waals surface area contributed by atoms with Gasteiger partial charge in [0.1, 0.15) is 5.75 Å². The normalized spacial score (nSPS) is 9.21. The van der Waals surface area contributed by atoms with Crippen molar-refractivity contribution in [2.24, 2.45) is 0 Å². The largest absolute Gasteiger partial charge is 0.507 e. The van der Waals surface area contributed by atoms with Crippen molar-refractivity contribution >= 4 is 12.3 Å². The number of hydrogen-bond donors (Lipinski definition) is 2. The van der Waals surface area contributed by atoms with E-state index in [1.807, 2.05) is 0 Å². The zero-order valence-electron chi connectivity index (χ0n) is 7.60. The van der Waals surface area contributed by atoms with Crippen molar-refractivity contribution in [1.82, 2.24) is 10.4 Å². The number of carbonyl (C=O) groups is 2. The Morgan fingerprint density at radius 3 is 2.71 bits per heavy atom. The molecule has 0 heterocycles. The molecule has 0 radical (unpaired) electrons. The first kappa shape index (κ1) is 10.0. The van der Waals surface area contributed by atoms with Gasteiger partial charge in [0, 0.05) is 7.05 Å². The van der Waals surface area contributed by atoms with E-state index < -0.39 is 5.91 Å². The Bertz CT molecular complexity index is 352. The number of nitrogens with zero attached hydrogens (tertiary/aromatic N) is 1. The van der Waals surface area contributed by atoms with Gasteiger partial charge in [0.25, 0.3) is 5.91 Å². The molecule has 0 fully saturated rings. The number of rotatable bonds is 3. The second-order valence-corrected chi connectivity index (χ2v) is 2.67. The van der Waals surface area contributed by atoms with Crippen LogP contribution in [0.15, 0.2) is 24.3 Å². The monoisotopic (exact) mass is 194 g/mol. The molecule has 0 aliphatic heterocycles. The molecule has 2 N–H and O–H groups in total. The second kappa shape index (κ2) is 4.27. The minimum absolute atomic E-state index is 0.121. The van der Waals surface area contributed by atoms with E-state index in [9.17, 15) is 14.7 Å². The first-order chi connectivity index (χ1) is 6.65. The van der Waals surface area contributed by atoms with Gasteiger partial charge >= 0.3 is 0 Å². The average molecular weight is 194 g/mol. The molecular weight excluding hydrogens is 184 g/mol. The number of phenols is 1. The minimum Gasteiger partial charge on any atom is -0.507 e. The highest BCUT2D eigenvalue weighted by molar-refractivity contribution is 5.96. The number of phenolic OH excluding ortho intramolecular Hbond substituents is 1. The molecule has 1 aromatic rings. The van der Waals surface area contributed by atoms with E-state index in [0.717, 1.165) is 5.01 Å². The first-order valence-electron chi connectivity index (χ1n) is 3.92. The molecule has 5 heteroatoms. The molecule has 14 heavy (non-hydrogen) atoms. The van der Waals surface area contributed by atoms with Gasteiger partial charge in [0.15, 0.2) is 0 Å². The summed E-state index contributed by atoms with van der Waals surface area (Å²) < 4.78 is 0. The van der Waals surface area contributed by atoms with Crippen LogP contribution in [0.5, 0.6) is 5.75 Å². The Morgan fingerprint density at radius 2 is 2.14 bits per heavy atom. The van der Waals surface area contributed by atoms with Gasteiger partial charge in [-0.2, -0.15) is 0 Å². The fourth-order valence-electron chi connectivity index (χ4n) is 0.912. The fourth-order valence-corrected chi connectivity index (χ4v) is 0.912. The van der Waals surface area contributed by atoms with Crippen LogP contribution in [0.3, 0.4) is 0 Å². The molecule has 0 unspecified atom stereocenters. The van der Waals surface area contributed by atoms with Crippen molar-refractivity contribution in [2.75, 3.05) is 7.05 Å². The predicted octanol–water partition coefficient (Wildman–Crippen LogP) is 0.125. The lowest BCUT2D eigenvalue weighted by molar-refractivity contribution is -0.118. The molecule has 1 aromatic carbocycles. The van der Waals surface area contributed by atoms with Crippen LogP contribution in [0.2, 0.25) is 0 Å². The maximum absolute atomic E-state index is 11.4. The van der Waals surface area contributed by atoms with Crippen LogP contribution in [0.4, 0.5) is 0 Å². The van der Waals surface area contributed by atoms with E-state index in [0.29, 0.717) is 6.41 Å². The van der Waals surface area contributed by atoms with Gasteiger partial charge < -0.3 is 5.11 Å². The third-order valence-corrected chi connectivity index (χ3v) is 1.58. The lowest BCUT2D eigenvalue weighted by Crippen LogP contribution is -2.38. The number of nitrogens with one attached hydrogen (secondary N) is 1. The molecule has 0 aliphatic rings. The Kier molecular flexibility index (Phi) is 3.06. The summed E-state index contributed by atoms with van der Waals surface area (Å²) >= 11 is 0. The number of hydrogen-bond acceptors (Lipinski definition) is 3. The maximum atomic E-state index is 11.4.